The standard InChI is InChI=1S/C12H8F6O4/c1-22-7-4-2-6(3-5-7)8(19)10(13,14)12(17,18)11(15,16)9(20)21/h2-5H,1H3,(H,20,21). The van der Waals surface area contributed by atoms with Crippen LogP contribution in [0.4, 0.5) is 26.3 Å². The van der Waals surface area contributed by atoms with Crippen LogP contribution < -0.4 is 4.74 Å². The molecule has 22 heavy (non-hydrogen) atoms. The van der Waals surface area contributed by atoms with E-state index in [-0.39, 0.29) is 5.75 Å². The Bertz CT molecular complexity index is 582. The van der Waals surface area contributed by atoms with Crippen molar-refractivity contribution in [2.75, 3.05) is 7.11 Å². The third-order valence-electron chi connectivity index (χ3n) is 2.69. The molecule has 0 spiro atoms. The lowest BCUT2D eigenvalue weighted by molar-refractivity contribution is -0.285. The van der Waals surface area contributed by atoms with Gasteiger partial charge in [-0.25, -0.2) is 4.79 Å². The third-order valence-corrected chi connectivity index (χ3v) is 2.69. The fourth-order valence-electron chi connectivity index (χ4n) is 1.40. The van der Waals surface area contributed by atoms with Crippen molar-refractivity contribution in [2.45, 2.75) is 17.8 Å². The SMILES string of the molecule is COc1ccc(C(=O)C(F)(F)C(F)(F)C(F)(F)C(=O)O)cc1. The molecule has 0 radical (unpaired) electrons. The summed E-state index contributed by atoms with van der Waals surface area (Å²) in [7, 11) is 1.20. The predicted molar refractivity (Wildman–Crippen MR) is 59.8 cm³/mol. The molecule has 0 saturated heterocycles. The molecule has 0 atom stereocenters. The number of carboxylic acids is 1. The van der Waals surface area contributed by atoms with Crippen molar-refractivity contribution < 1.29 is 45.8 Å². The Kier molecular flexibility index (Phi) is 4.45. The van der Waals surface area contributed by atoms with E-state index in [0.29, 0.717) is 12.1 Å². The van der Waals surface area contributed by atoms with Crippen LogP contribution in [-0.2, 0) is 4.79 Å². The topological polar surface area (TPSA) is 63.6 Å². The number of carboxylic acid groups (broad SMARTS) is 1. The van der Waals surface area contributed by atoms with E-state index in [4.69, 9.17) is 5.11 Å². The second kappa shape index (κ2) is 5.50. The number of hydrogen-bond acceptors (Lipinski definition) is 3. The van der Waals surface area contributed by atoms with Gasteiger partial charge in [0.15, 0.2) is 0 Å². The van der Waals surface area contributed by atoms with Crippen LogP contribution in [0.25, 0.3) is 0 Å². The van der Waals surface area contributed by atoms with Crippen LogP contribution in [0, 0.1) is 0 Å². The number of aliphatic carboxylic acids is 1. The van der Waals surface area contributed by atoms with Gasteiger partial charge in [-0.15, -0.1) is 0 Å². The van der Waals surface area contributed by atoms with Gasteiger partial charge in [-0.3, -0.25) is 4.79 Å². The number of carbonyl (C=O) groups excluding carboxylic acids is 1. The van der Waals surface area contributed by atoms with Crippen molar-refractivity contribution in [3.05, 3.63) is 29.8 Å². The lowest BCUT2D eigenvalue weighted by atomic mass is 9.96. The van der Waals surface area contributed by atoms with E-state index in [1.54, 1.807) is 0 Å². The molecule has 1 N–H and O–H groups in total. The molecule has 0 heterocycles. The van der Waals surface area contributed by atoms with Gasteiger partial charge in [-0.1, -0.05) is 0 Å². The maximum absolute atomic E-state index is 13.4. The van der Waals surface area contributed by atoms with Crippen LogP contribution in [0.15, 0.2) is 24.3 Å². The molecule has 0 bridgehead atoms. The van der Waals surface area contributed by atoms with Gasteiger partial charge in [0.1, 0.15) is 5.75 Å². The van der Waals surface area contributed by atoms with Crippen LogP contribution in [0.2, 0.25) is 0 Å². The Morgan fingerprint density at radius 3 is 1.77 bits per heavy atom. The van der Waals surface area contributed by atoms with Gasteiger partial charge >= 0.3 is 23.7 Å². The zero-order chi connectivity index (χ0) is 17.3. The molecule has 1 aromatic carbocycles. The van der Waals surface area contributed by atoms with Crippen LogP contribution in [0.3, 0.4) is 0 Å². The highest BCUT2D eigenvalue weighted by molar-refractivity contribution is 6.02. The van der Waals surface area contributed by atoms with Gasteiger partial charge < -0.3 is 9.84 Å². The van der Waals surface area contributed by atoms with Crippen molar-refractivity contribution in [3.8, 4) is 5.75 Å². The highest BCUT2D eigenvalue weighted by Gasteiger charge is 2.78. The zero-order valence-electron chi connectivity index (χ0n) is 10.7. The van der Waals surface area contributed by atoms with Crippen molar-refractivity contribution >= 4 is 11.8 Å². The largest absolute Gasteiger partial charge is 0.497 e. The summed E-state index contributed by atoms with van der Waals surface area (Å²) in [6.07, 6.45) is 0. The van der Waals surface area contributed by atoms with Crippen LogP contribution in [-0.4, -0.2) is 41.7 Å². The average molecular weight is 330 g/mol. The van der Waals surface area contributed by atoms with Gasteiger partial charge in [-0.2, -0.15) is 26.3 Å². The third kappa shape index (κ3) is 2.60. The lowest BCUT2D eigenvalue weighted by Crippen LogP contribution is -2.60. The second-order valence-corrected chi connectivity index (χ2v) is 4.09. The molecule has 0 aliphatic rings. The van der Waals surface area contributed by atoms with Crippen LogP contribution in [0.5, 0.6) is 5.75 Å². The maximum atomic E-state index is 13.4. The number of alkyl halides is 6. The number of carbonyl (C=O) groups is 2. The number of benzene rings is 1. The zero-order valence-corrected chi connectivity index (χ0v) is 10.7. The maximum Gasteiger partial charge on any atom is 0.411 e. The molecular weight excluding hydrogens is 322 g/mol. The van der Waals surface area contributed by atoms with Gasteiger partial charge in [0.25, 0.3) is 0 Å². The smallest absolute Gasteiger partial charge is 0.411 e. The minimum absolute atomic E-state index is 0.0995. The van der Waals surface area contributed by atoms with Gasteiger partial charge in [0.05, 0.1) is 7.11 Å². The molecule has 0 unspecified atom stereocenters. The van der Waals surface area contributed by atoms with E-state index in [2.05, 4.69) is 4.74 Å². The Labute approximate surface area is 119 Å². The van der Waals surface area contributed by atoms with E-state index >= 15 is 0 Å². The molecule has 0 amide bonds. The summed E-state index contributed by atoms with van der Waals surface area (Å²) in [4.78, 5) is 21.5. The molecule has 0 aliphatic carbocycles. The Morgan fingerprint density at radius 1 is 0.955 bits per heavy atom. The molecule has 10 heteroatoms. The van der Waals surface area contributed by atoms with Crippen molar-refractivity contribution in [1.29, 1.82) is 0 Å². The number of hydrogen-bond donors (Lipinski definition) is 1. The first-order chi connectivity index (χ1) is 9.89. The van der Waals surface area contributed by atoms with Gasteiger partial charge in [0, 0.05) is 5.56 Å². The monoisotopic (exact) mass is 330 g/mol. The predicted octanol–water partition coefficient (Wildman–Crippen LogP) is 2.87. The first-order valence-electron chi connectivity index (χ1n) is 5.45. The number of halogens is 6. The molecule has 0 aromatic heterocycles. The Morgan fingerprint density at radius 2 is 1.41 bits per heavy atom. The fraction of sp³-hybridized carbons (Fsp3) is 0.333. The highest BCUT2D eigenvalue weighted by atomic mass is 19.3. The normalized spacial score (nSPS) is 12.9. The lowest BCUT2D eigenvalue weighted by Gasteiger charge is -2.29. The fourth-order valence-corrected chi connectivity index (χ4v) is 1.40. The number of Topliss-reactive ketones (excluding diaryl/α,β-unsaturated/α-hetero) is 1. The van der Waals surface area contributed by atoms with Gasteiger partial charge in [0.2, 0.25) is 5.78 Å². The van der Waals surface area contributed by atoms with E-state index in [1.807, 2.05) is 0 Å². The molecule has 122 valence electrons. The Balaban J connectivity index is 3.26. The second-order valence-electron chi connectivity index (χ2n) is 4.09. The average Bonchev–Trinajstić information content (AvgIpc) is 2.45. The minimum atomic E-state index is -6.41. The summed E-state index contributed by atoms with van der Waals surface area (Å²) in [6, 6.07) is 3.25. The van der Waals surface area contributed by atoms with Gasteiger partial charge in [-0.05, 0) is 24.3 Å². The summed E-state index contributed by atoms with van der Waals surface area (Å²) in [6.45, 7) is 0. The molecule has 0 aliphatic heterocycles. The molecule has 1 aromatic rings. The summed E-state index contributed by atoms with van der Waals surface area (Å²) >= 11 is 0. The summed E-state index contributed by atoms with van der Waals surface area (Å²) in [5.41, 5.74) is -1.01. The van der Waals surface area contributed by atoms with Crippen molar-refractivity contribution in [1.82, 2.24) is 0 Å². The molecular formula is C12H8F6O4. The minimum Gasteiger partial charge on any atom is -0.497 e. The summed E-state index contributed by atoms with van der Waals surface area (Å²) < 4.78 is 83.5. The first-order valence-corrected chi connectivity index (χ1v) is 5.45. The van der Waals surface area contributed by atoms with E-state index < -0.39 is 35.1 Å². The molecule has 4 nitrogen and oxygen atoms in total. The Hall–Kier alpha value is -2.26. The molecule has 1 rings (SSSR count). The van der Waals surface area contributed by atoms with Crippen molar-refractivity contribution in [3.63, 3.8) is 0 Å². The van der Waals surface area contributed by atoms with E-state index in [9.17, 15) is 35.9 Å². The number of methoxy groups -OCH3 is 1. The summed E-state index contributed by atoms with van der Waals surface area (Å²) in [5, 5.41) is 7.97. The first kappa shape index (κ1) is 17.8. The highest BCUT2D eigenvalue weighted by Crippen LogP contribution is 2.47. The summed E-state index contributed by atoms with van der Waals surface area (Å²) in [5.74, 6) is -24.5. The van der Waals surface area contributed by atoms with E-state index in [1.165, 1.54) is 7.11 Å². The quantitative estimate of drug-likeness (QED) is 0.643. The van der Waals surface area contributed by atoms with Crippen LogP contribution in [0.1, 0.15) is 10.4 Å². The van der Waals surface area contributed by atoms with E-state index in [0.717, 1.165) is 12.1 Å². The number of ketones is 1. The molecule has 0 saturated carbocycles. The molecule has 0 fully saturated rings. The number of rotatable bonds is 6. The number of ether oxygens (including phenoxy) is 1. The van der Waals surface area contributed by atoms with Crippen LogP contribution >= 0.6 is 0 Å². The van der Waals surface area contributed by atoms with Crippen molar-refractivity contribution in [2.24, 2.45) is 0 Å².